The van der Waals surface area contributed by atoms with E-state index in [1.54, 1.807) is 0 Å². The van der Waals surface area contributed by atoms with E-state index < -0.39 is 0 Å². The van der Waals surface area contributed by atoms with E-state index >= 15 is 0 Å². The largest absolute Gasteiger partial charge is 0.341 e. The van der Waals surface area contributed by atoms with E-state index in [1.807, 2.05) is 0 Å². The maximum Gasteiger partial charge on any atom is 0.121 e. The second-order valence-electron chi connectivity index (χ2n) is 8.09. The summed E-state index contributed by atoms with van der Waals surface area (Å²) in [6.45, 7) is 6.23. The van der Waals surface area contributed by atoms with Gasteiger partial charge in [0.2, 0.25) is 0 Å². The lowest BCUT2D eigenvalue weighted by Gasteiger charge is -2.25. The molecule has 2 heterocycles. The Bertz CT molecular complexity index is 737. The predicted molar refractivity (Wildman–Crippen MR) is 102 cm³/mol. The number of rotatable bonds is 4. The quantitative estimate of drug-likeness (QED) is 0.800. The zero-order valence-corrected chi connectivity index (χ0v) is 15.7. The minimum atomic E-state index is 0.543. The topological polar surface area (TPSA) is 56.0 Å². The molecular formula is C20H31N5. The van der Waals surface area contributed by atoms with Crippen molar-refractivity contribution in [3.63, 3.8) is 0 Å². The van der Waals surface area contributed by atoms with E-state index in [9.17, 15) is 0 Å². The molecule has 5 heteroatoms. The molecule has 5 nitrogen and oxygen atoms in total. The first-order valence-electron chi connectivity index (χ1n) is 9.76. The summed E-state index contributed by atoms with van der Waals surface area (Å²) < 4.78 is 0. The van der Waals surface area contributed by atoms with Crippen molar-refractivity contribution in [3.8, 4) is 0 Å². The lowest BCUT2D eigenvalue weighted by Crippen LogP contribution is -2.41. The third-order valence-electron chi connectivity index (χ3n) is 6.20. The molecule has 1 aliphatic carbocycles. The van der Waals surface area contributed by atoms with Crippen LogP contribution in [0.3, 0.4) is 0 Å². The van der Waals surface area contributed by atoms with Gasteiger partial charge in [-0.05, 0) is 56.8 Å². The lowest BCUT2D eigenvalue weighted by molar-refractivity contribution is 0.251. The van der Waals surface area contributed by atoms with E-state index in [0.29, 0.717) is 12.1 Å². The molecule has 0 radical (unpaired) electrons. The number of aryl methyl sites for hydroxylation is 2. The molecule has 1 aromatic heterocycles. The number of imidazole rings is 1. The van der Waals surface area contributed by atoms with Crippen LogP contribution in [0.15, 0.2) is 12.1 Å². The van der Waals surface area contributed by atoms with Gasteiger partial charge in [-0.25, -0.2) is 4.98 Å². The second kappa shape index (κ2) is 7.06. The summed E-state index contributed by atoms with van der Waals surface area (Å²) in [5.41, 5.74) is 12.0. The maximum absolute atomic E-state index is 4.85. The van der Waals surface area contributed by atoms with Gasteiger partial charge in [0.1, 0.15) is 5.82 Å². The van der Waals surface area contributed by atoms with Crippen LogP contribution < -0.4 is 10.9 Å². The van der Waals surface area contributed by atoms with Crippen LogP contribution in [0.25, 0.3) is 11.0 Å². The fourth-order valence-electron chi connectivity index (χ4n) is 4.59. The van der Waals surface area contributed by atoms with Crippen molar-refractivity contribution in [2.45, 2.75) is 64.6 Å². The molecule has 2 aliphatic rings. The van der Waals surface area contributed by atoms with Crippen molar-refractivity contribution in [1.29, 1.82) is 0 Å². The lowest BCUT2D eigenvalue weighted by atomic mass is 9.90. The molecule has 1 aliphatic heterocycles. The summed E-state index contributed by atoms with van der Waals surface area (Å²) in [7, 11) is 2.21. The standard InChI is InChI=1S/C20H31N5/c1-13-9-10-17-20(14(13)2)22-19(21-17)12-25(3)11-18-15-7-5-4-6-8-16(15)23-24-18/h9-10,15-16,18,23-24H,4-8,11-12H2,1-3H3,(H,21,22). The molecule has 1 aromatic carbocycles. The molecule has 0 spiro atoms. The van der Waals surface area contributed by atoms with Gasteiger partial charge in [-0.2, -0.15) is 0 Å². The zero-order chi connectivity index (χ0) is 17.4. The number of H-pyrrole nitrogens is 1. The summed E-state index contributed by atoms with van der Waals surface area (Å²) in [4.78, 5) is 10.7. The minimum Gasteiger partial charge on any atom is -0.341 e. The number of likely N-dealkylation sites (N-methyl/N-ethyl adjacent to an activating group) is 1. The summed E-state index contributed by atoms with van der Waals surface area (Å²) in [5, 5.41) is 0. The van der Waals surface area contributed by atoms with Crippen molar-refractivity contribution >= 4 is 11.0 Å². The highest BCUT2D eigenvalue weighted by molar-refractivity contribution is 5.79. The van der Waals surface area contributed by atoms with Gasteiger partial charge in [-0.3, -0.25) is 15.8 Å². The average molecular weight is 342 g/mol. The summed E-state index contributed by atoms with van der Waals surface area (Å²) in [5.74, 6) is 1.83. The van der Waals surface area contributed by atoms with Crippen LogP contribution in [-0.4, -0.2) is 40.5 Å². The highest BCUT2D eigenvalue weighted by Crippen LogP contribution is 2.29. The Kier molecular flexibility index (Phi) is 4.80. The molecule has 136 valence electrons. The first-order chi connectivity index (χ1) is 12.1. The monoisotopic (exact) mass is 341 g/mol. The first kappa shape index (κ1) is 17.0. The Hall–Kier alpha value is -1.43. The molecule has 0 bridgehead atoms. The number of aromatic amines is 1. The van der Waals surface area contributed by atoms with E-state index in [-0.39, 0.29) is 0 Å². The fraction of sp³-hybridized carbons (Fsp3) is 0.650. The molecule has 4 rings (SSSR count). The normalized spacial score (nSPS) is 27.0. The molecule has 25 heavy (non-hydrogen) atoms. The van der Waals surface area contributed by atoms with Crippen LogP contribution in [0.4, 0.5) is 0 Å². The highest BCUT2D eigenvalue weighted by Gasteiger charge is 2.36. The Morgan fingerprint density at radius 2 is 1.96 bits per heavy atom. The Labute approximate surface area is 150 Å². The molecule has 2 fully saturated rings. The van der Waals surface area contributed by atoms with Gasteiger partial charge in [0.05, 0.1) is 17.6 Å². The molecule has 1 saturated carbocycles. The highest BCUT2D eigenvalue weighted by atomic mass is 15.4. The number of nitrogens with zero attached hydrogens (tertiary/aromatic N) is 2. The second-order valence-corrected chi connectivity index (χ2v) is 8.09. The van der Waals surface area contributed by atoms with Crippen molar-refractivity contribution in [2.24, 2.45) is 5.92 Å². The molecule has 1 saturated heterocycles. The Balaban J connectivity index is 1.42. The van der Waals surface area contributed by atoms with Crippen LogP contribution in [0.2, 0.25) is 0 Å². The van der Waals surface area contributed by atoms with Gasteiger partial charge in [-0.15, -0.1) is 0 Å². The van der Waals surface area contributed by atoms with Gasteiger partial charge in [-0.1, -0.05) is 25.3 Å². The number of hydrogen-bond donors (Lipinski definition) is 3. The van der Waals surface area contributed by atoms with Crippen molar-refractivity contribution < 1.29 is 0 Å². The number of fused-ring (bicyclic) bond motifs is 2. The first-order valence-corrected chi connectivity index (χ1v) is 9.76. The van der Waals surface area contributed by atoms with E-state index in [2.05, 4.69) is 53.8 Å². The van der Waals surface area contributed by atoms with Crippen LogP contribution in [-0.2, 0) is 6.54 Å². The Morgan fingerprint density at radius 1 is 1.12 bits per heavy atom. The number of hydrogen-bond acceptors (Lipinski definition) is 4. The van der Waals surface area contributed by atoms with Crippen molar-refractivity contribution in [1.82, 2.24) is 25.7 Å². The van der Waals surface area contributed by atoms with Gasteiger partial charge < -0.3 is 4.98 Å². The maximum atomic E-state index is 4.85. The average Bonchev–Trinajstić information content (AvgIpc) is 3.07. The molecule has 3 unspecified atom stereocenters. The number of nitrogens with one attached hydrogen (secondary N) is 3. The van der Waals surface area contributed by atoms with Crippen LogP contribution in [0.1, 0.15) is 49.1 Å². The SMILES string of the molecule is Cc1ccc2[nH]c(CN(C)CC3NNC4CCCCCC43)nc2c1C. The van der Waals surface area contributed by atoms with E-state index in [1.165, 1.54) is 43.2 Å². The van der Waals surface area contributed by atoms with E-state index in [0.717, 1.165) is 35.9 Å². The minimum absolute atomic E-state index is 0.543. The number of benzene rings is 1. The summed E-state index contributed by atoms with van der Waals surface area (Å²) in [6.07, 6.45) is 6.82. The smallest absolute Gasteiger partial charge is 0.121 e. The van der Waals surface area contributed by atoms with E-state index in [4.69, 9.17) is 4.98 Å². The molecule has 0 amide bonds. The Morgan fingerprint density at radius 3 is 2.84 bits per heavy atom. The summed E-state index contributed by atoms with van der Waals surface area (Å²) in [6, 6.07) is 5.52. The van der Waals surface area contributed by atoms with Crippen LogP contribution in [0.5, 0.6) is 0 Å². The zero-order valence-electron chi connectivity index (χ0n) is 15.7. The molecule has 2 aromatic rings. The van der Waals surface area contributed by atoms with Crippen molar-refractivity contribution in [3.05, 3.63) is 29.1 Å². The third kappa shape index (κ3) is 3.46. The molecule has 3 N–H and O–H groups in total. The fourth-order valence-corrected chi connectivity index (χ4v) is 4.59. The predicted octanol–water partition coefficient (Wildman–Crippen LogP) is 3.04. The van der Waals surface area contributed by atoms with Gasteiger partial charge in [0.15, 0.2) is 0 Å². The molecule has 3 atom stereocenters. The van der Waals surface area contributed by atoms with Gasteiger partial charge in [0.25, 0.3) is 0 Å². The van der Waals surface area contributed by atoms with Crippen molar-refractivity contribution in [2.75, 3.05) is 13.6 Å². The number of aromatic nitrogens is 2. The summed E-state index contributed by atoms with van der Waals surface area (Å²) >= 11 is 0. The van der Waals surface area contributed by atoms with Gasteiger partial charge in [0, 0.05) is 18.6 Å². The number of hydrazine groups is 1. The van der Waals surface area contributed by atoms with Gasteiger partial charge >= 0.3 is 0 Å². The third-order valence-corrected chi connectivity index (χ3v) is 6.20. The van der Waals surface area contributed by atoms with Crippen LogP contribution in [0, 0.1) is 19.8 Å². The molecular weight excluding hydrogens is 310 g/mol. The van der Waals surface area contributed by atoms with Crippen LogP contribution >= 0.6 is 0 Å².